The number of epoxide rings is 1. The van der Waals surface area contributed by atoms with Crippen molar-refractivity contribution in [1.82, 2.24) is 19.7 Å². The molecule has 1 fully saturated rings. The molecule has 4 rings (SSSR count). The predicted octanol–water partition coefficient (Wildman–Crippen LogP) is 3.80. The number of aromatic amines is 1. The highest BCUT2D eigenvalue weighted by atomic mass is 35.5. The Kier molecular flexibility index (Phi) is 3.71. The van der Waals surface area contributed by atoms with Gasteiger partial charge in [-0.2, -0.15) is 0 Å². The van der Waals surface area contributed by atoms with Crippen LogP contribution in [0.5, 0.6) is 0 Å². The van der Waals surface area contributed by atoms with E-state index < -0.39 is 5.60 Å². The third-order valence-corrected chi connectivity index (χ3v) is 4.75. The zero-order valence-electron chi connectivity index (χ0n) is 12.3. The standard InChI is InChI=1S/C16H12ClFN4OS/c17-14-12(2-1-7-19-14)13-16(23-13,8-22-15(24)20-9-21-22)10-3-5-11(18)6-4-10/h1-7,9,13H,8H2,(H,20,21,24). The Labute approximate surface area is 147 Å². The number of hydrogen-bond donors (Lipinski definition) is 1. The van der Waals surface area contributed by atoms with Gasteiger partial charge in [0.25, 0.3) is 0 Å². The van der Waals surface area contributed by atoms with Gasteiger partial charge in [-0.1, -0.05) is 29.8 Å². The monoisotopic (exact) mass is 362 g/mol. The number of nitrogens with one attached hydrogen (secondary N) is 1. The molecule has 2 aromatic heterocycles. The van der Waals surface area contributed by atoms with Crippen molar-refractivity contribution in [3.05, 3.63) is 75.8 Å². The first-order valence-electron chi connectivity index (χ1n) is 7.25. The summed E-state index contributed by atoms with van der Waals surface area (Å²) in [5.41, 5.74) is 0.922. The summed E-state index contributed by atoms with van der Waals surface area (Å²) in [6.45, 7) is 0.410. The van der Waals surface area contributed by atoms with Gasteiger partial charge in [0, 0.05) is 11.8 Å². The molecule has 24 heavy (non-hydrogen) atoms. The number of pyridine rings is 1. The molecule has 1 N–H and O–H groups in total. The van der Waals surface area contributed by atoms with E-state index in [0.29, 0.717) is 16.5 Å². The van der Waals surface area contributed by atoms with E-state index in [4.69, 9.17) is 28.6 Å². The van der Waals surface area contributed by atoms with E-state index in [9.17, 15) is 4.39 Å². The molecule has 1 aromatic carbocycles. The number of H-pyrrole nitrogens is 1. The van der Waals surface area contributed by atoms with Crippen molar-refractivity contribution in [2.75, 3.05) is 0 Å². The minimum absolute atomic E-state index is 0.297. The molecule has 5 nitrogen and oxygen atoms in total. The maximum Gasteiger partial charge on any atom is 0.215 e. The molecule has 0 amide bonds. The maximum atomic E-state index is 13.3. The van der Waals surface area contributed by atoms with Crippen LogP contribution in [0.1, 0.15) is 17.2 Å². The van der Waals surface area contributed by atoms with E-state index in [1.807, 2.05) is 6.07 Å². The molecule has 0 spiro atoms. The van der Waals surface area contributed by atoms with Crippen molar-refractivity contribution >= 4 is 23.8 Å². The second-order valence-electron chi connectivity index (χ2n) is 5.53. The molecule has 3 heterocycles. The predicted molar refractivity (Wildman–Crippen MR) is 88.6 cm³/mol. The number of halogens is 2. The molecule has 2 atom stereocenters. The molecular weight excluding hydrogens is 351 g/mol. The number of aromatic nitrogens is 4. The molecule has 1 saturated heterocycles. The summed E-state index contributed by atoms with van der Waals surface area (Å²) >= 11 is 11.4. The van der Waals surface area contributed by atoms with Gasteiger partial charge in [0.15, 0.2) is 0 Å². The summed E-state index contributed by atoms with van der Waals surface area (Å²) in [7, 11) is 0. The zero-order chi connectivity index (χ0) is 16.7. The Bertz CT molecular complexity index is 942. The number of rotatable bonds is 4. The minimum atomic E-state index is -0.703. The third-order valence-electron chi connectivity index (χ3n) is 4.11. The Morgan fingerprint density at radius 2 is 2.08 bits per heavy atom. The fraction of sp³-hybridized carbons (Fsp3) is 0.188. The molecule has 0 bridgehead atoms. The molecule has 1 aliphatic rings. The molecule has 0 saturated carbocycles. The number of hydrogen-bond acceptors (Lipinski definition) is 4. The van der Waals surface area contributed by atoms with Crippen LogP contribution in [0.15, 0.2) is 48.9 Å². The fourth-order valence-electron chi connectivity index (χ4n) is 2.87. The summed E-state index contributed by atoms with van der Waals surface area (Å²) in [6.07, 6.45) is 2.85. The van der Waals surface area contributed by atoms with Crippen molar-refractivity contribution < 1.29 is 9.13 Å². The van der Waals surface area contributed by atoms with Crippen LogP contribution in [0.4, 0.5) is 4.39 Å². The molecule has 8 heteroatoms. The summed E-state index contributed by atoms with van der Waals surface area (Å²) < 4.78 is 21.5. The van der Waals surface area contributed by atoms with Crippen LogP contribution in [0.2, 0.25) is 5.15 Å². The van der Waals surface area contributed by atoms with Gasteiger partial charge < -0.3 is 4.74 Å². The average Bonchev–Trinajstić information content (AvgIpc) is 3.16. The van der Waals surface area contributed by atoms with Gasteiger partial charge in [0.2, 0.25) is 4.77 Å². The van der Waals surface area contributed by atoms with Crippen LogP contribution in [0, 0.1) is 10.6 Å². The smallest absolute Gasteiger partial charge is 0.215 e. The molecular formula is C16H12ClFN4OS. The second kappa shape index (κ2) is 5.77. The first-order chi connectivity index (χ1) is 11.6. The summed E-state index contributed by atoms with van der Waals surface area (Å²) in [5.74, 6) is -0.302. The van der Waals surface area contributed by atoms with E-state index in [1.165, 1.54) is 18.5 Å². The molecule has 0 radical (unpaired) electrons. The van der Waals surface area contributed by atoms with Gasteiger partial charge in [0.1, 0.15) is 29.0 Å². The average molecular weight is 363 g/mol. The molecule has 122 valence electrons. The van der Waals surface area contributed by atoms with E-state index in [2.05, 4.69) is 15.1 Å². The van der Waals surface area contributed by atoms with Crippen LogP contribution < -0.4 is 0 Å². The van der Waals surface area contributed by atoms with Gasteiger partial charge in [-0.25, -0.2) is 14.4 Å². The molecule has 1 aliphatic heterocycles. The lowest BCUT2D eigenvalue weighted by Gasteiger charge is -2.14. The highest BCUT2D eigenvalue weighted by molar-refractivity contribution is 7.71. The van der Waals surface area contributed by atoms with E-state index in [0.717, 1.165) is 11.1 Å². The topological polar surface area (TPSA) is 59.0 Å². The van der Waals surface area contributed by atoms with Crippen molar-refractivity contribution in [2.24, 2.45) is 0 Å². The highest BCUT2D eigenvalue weighted by Gasteiger charge is 2.59. The maximum absolute atomic E-state index is 13.3. The van der Waals surface area contributed by atoms with E-state index in [-0.39, 0.29) is 11.9 Å². The Morgan fingerprint density at radius 3 is 2.75 bits per heavy atom. The van der Waals surface area contributed by atoms with E-state index >= 15 is 0 Å². The lowest BCUT2D eigenvalue weighted by atomic mass is 9.92. The van der Waals surface area contributed by atoms with Crippen LogP contribution >= 0.6 is 23.8 Å². The lowest BCUT2D eigenvalue weighted by Crippen LogP contribution is -2.20. The van der Waals surface area contributed by atoms with Crippen molar-refractivity contribution in [3.8, 4) is 0 Å². The number of nitrogens with zero attached hydrogens (tertiary/aromatic N) is 3. The van der Waals surface area contributed by atoms with Gasteiger partial charge in [-0.3, -0.25) is 9.78 Å². The van der Waals surface area contributed by atoms with Crippen molar-refractivity contribution in [1.29, 1.82) is 0 Å². The Balaban J connectivity index is 1.77. The van der Waals surface area contributed by atoms with Crippen molar-refractivity contribution in [2.45, 2.75) is 18.2 Å². The normalized spacial score (nSPS) is 22.5. The SMILES string of the molecule is Fc1ccc(C2(Cn3[nH]cnc3=S)OC2c2cccnc2Cl)cc1. The fourth-order valence-corrected chi connectivity index (χ4v) is 3.26. The van der Waals surface area contributed by atoms with Gasteiger partial charge in [-0.05, 0) is 36.0 Å². The summed E-state index contributed by atoms with van der Waals surface area (Å²) in [6, 6.07) is 9.91. The Hall–Kier alpha value is -2.09. The van der Waals surface area contributed by atoms with Crippen LogP contribution in [-0.2, 0) is 16.9 Å². The number of benzene rings is 1. The quantitative estimate of drug-likeness (QED) is 0.436. The van der Waals surface area contributed by atoms with Gasteiger partial charge in [0.05, 0.1) is 6.54 Å². The minimum Gasteiger partial charge on any atom is -0.354 e. The zero-order valence-corrected chi connectivity index (χ0v) is 13.9. The highest BCUT2D eigenvalue weighted by Crippen LogP contribution is 2.58. The van der Waals surface area contributed by atoms with Crippen molar-refractivity contribution in [3.63, 3.8) is 0 Å². The van der Waals surface area contributed by atoms with Crippen LogP contribution in [0.3, 0.4) is 0 Å². The number of ether oxygens (including phenoxy) is 1. The van der Waals surface area contributed by atoms with E-state index in [1.54, 1.807) is 29.1 Å². The molecule has 2 unspecified atom stereocenters. The Morgan fingerprint density at radius 1 is 1.29 bits per heavy atom. The van der Waals surface area contributed by atoms with Crippen LogP contribution in [-0.4, -0.2) is 19.7 Å². The summed E-state index contributed by atoms with van der Waals surface area (Å²) in [5, 5.41) is 3.36. The first kappa shape index (κ1) is 15.4. The largest absolute Gasteiger partial charge is 0.354 e. The first-order valence-corrected chi connectivity index (χ1v) is 8.03. The summed E-state index contributed by atoms with van der Waals surface area (Å²) in [4.78, 5) is 8.13. The molecule has 3 aromatic rings. The van der Waals surface area contributed by atoms with Gasteiger partial charge in [-0.15, -0.1) is 0 Å². The second-order valence-corrected chi connectivity index (χ2v) is 6.26. The lowest BCUT2D eigenvalue weighted by molar-refractivity contribution is 0.261. The van der Waals surface area contributed by atoms with Crippen LogP contribution in [0.25, 0.3) is 0 Å². The molecule has 0 aliphatic carbocycles. The van der Waals surface area contributed by atoms with Gasteiger partial charge >= 0.3 is 0 Å². The third kappa shape index (κ3) is 2.54.